The first-order valence-corrected chi connectivity index (χ1v) is 6.41. The molecular weight excluding hydrogens is 253 g/mol. The third-order valence-corrected chi connectivity index (χ3v) is 3.06. The van der Waals surface area contributed by atoms with Crippen molar-refractivity contribution in [2.75, 3.05) is 0 Å². The molecule has 2 aromatic rings. The third-order valence-electron chi connectivity index (χ3n) is 3.06. The van der Waals surface area contributed by atoms with Gasteiger partial charge in [0, 0.05) is 5.56 Å². The van der Waals surface area contributed by atoms with Gasteiger partial charge in [-0.2, -0.15) is 0 Å². The second kappa shape index (κ2) is 6.37. The standard InChI is InChI=1S/C15H16BNO3/c1-11(16(19)20)17-15(18)14-10-6-5-9-13(14)12-7-3-2-4-8-12/h2-11,19-20H,1H3,(H,17,18). The van der Waals surface area contributed by atoms with Crippen molar-refractivity contribution in [3.8, 4) is 11.1 Å². The van der Waals surface area contributed by atoms with E-state index in [1.165, 1.54) is 6.92 Å². The quantitative estimate of drug-likeness (QED) is 0.736. The second-order valence-electron chi connectivity index (χ2n) is 4.59. The summed E-state index contributed by atoms with van der Waals surface area (Å²) in [7, 11) is -1.58. The lowest BCUT2D eigenvalue weighted by Gasteiger charge is -2.14. The van der Waals surface area contributed by atoms with Crippen molar-refractivity contribution in [1.82, 2.24) is 5.32 Å². The van der Waals surface area contributed by atoms with Crippen molar-refractivity contribution < 1.29 is 14.8 Å². The highest BCUT2D eigenvalue weighted by Crippen LogP contribution is 2.23. The molecule has 0 radical (unpaired) electrons. The third kappa shape index (κ3) is 3.26. The lowest BCUT2D eigenvalue weighted by Crippen LogP contribution is -2.44. The highest BCUT2D eigenvalue weighted by atomic mass is 16.4. The van der Waals surface area contributed by atoms with E-state index in [1.54, 1.807) is 12.1 Å². The van der Waals surface area contributed by atoms with Gasteiger partial charge in [-0.3, -0.25) is 4.79 Å². The highest BCUT2D eigenvalue weighted by molar-refractivity contribution is 6.43. The maximum Gasteiger partial charge on any atom is 0.475 e. The van der Waals surface area contributed by atoms with Gasteiger partial charge in [-0.05, 0) is 24.1 Å². The van der Waals surface area contributed by atoms with Gasteiger partial charge in [-0.1, -0.05) is 48.5 Å². The molecule has 0 aromatic heterocycles. The fraction of sp³-hybridized carbons (Fsp3) is 0.133. The fourth-order valence-electron chi connectivity index (χ4n) is 1.91. The minimum absolute atomic E-state index is 0.329. The topological polar surface area (TPSA) is 69.6 Å². The number of carbonyl (C=O) groups is 1. The maximum absolute atomic E-state index is 12.2. The molecule has 1 atom stereocenters. The van der Waals surface area contributed by atoms with Crippen LogP contribution < -0.4 is 5.32 Å². The van der Waals surface area contributed by atoms with Gasteiger partial charge in [-0.25, -0.2) is 0 Å². The first kappa shape index (κ1) is 14.3. The summed E-state index contributed by atoms with van der Waals surface area (Å²) in [6.45, 7) is 1.54. The lowest BCUT2D eigenvalue weighted by molar-refractivity contribution is 0.0945. The summed E-state index contributed by atoms with van der Waals surface area (Å²) in [4.78, 5) is 12.2. The normalized spacial score (nSPS) is 11.8. The van der Waals surface area contributed by atoms with Crippen molar-refractivity contribution in [3.63, 3.8) is 0 Å². The van der Waals surface area contributed by atoms with Gasteiger partial charge in [0.05, 0.1) is 5.94 Å². The van der Waals surface area contributed by atoms with Crippen LogP contribution in [0.15, 0.2) is 54.6 Å². The predicted octanol–water partition coefficient (Wildman–Crippen LogP) is 1.48. The van der Waals surface area contributed by atoms with Crippen LogP contribution in [0, 0.1) is 0 Å². The predicted molar refractivity (Wildman–Crippen MR) is 79.0 cm³/mol. The number of nitrogens with one attached hydrogen (secondary N) is 1. The first-order valence-electron chi connectivity index (χ1n) is 6.41. The van der Waals surface area contributed by atoms with Crippen LogP contribution >= 0.6 is 0 Å². The largest absolute Gasteiger partial charge is 0.475 e. The monoisotopic (exact) mass is 269 g/mol. The van der Waals surface area contributed by atoms with Crippen LogP contribution in [0.1, 0.15) is 17.3 Å². The van der Waals surface area contributed by atoms with Crippen LogP contribution in [-0.2, 0) is 0 Å². The Hall–Kier alpha value is -2.11. The van der Waals surface area contributed by atoms with Crippen LogP contribution in [0.25, 0.3) is 11.1 Å². The molecule has 1 unspecified atom stereocenters. The molecule has 0 aliphatic carbocycles. The van der Waals surface area contributed by atoms with Gasteiger partial charge in [0.1, 0.15) is 0 Å². The molecule has 0 saturated carbocycles. The van der Waals surface area contributed by atoms with E-state index in [1.807, 2.05) is 42.5 Å². The van der Waals surface area contributed by atoms with E-state index < -0.39 is 13.1 Å². The van der Waals surface area contributed by atoms with Gasteiger partial charge < -0.3 is 15.4 Å². The Bertz CT molecular complexity index is 587. The summed E-state index contributed by atoms with van der Waals surface area (Å²) in [6.07, 6.45) is 0. The van der Waals surface area contributed by atoms with E-state index in [0.717, 1.165) is 11.1 Å². The second-order valence-corrected chi connectivity index (χ2v) is 4.59. The number of amides is 1. The van der Waals surface area contributed by atoms with E-state index in [-0.39, 0.29) is 5.91 Å². The van der Waals surface area contributed by atoms with E-state index in [4.69, 9.17) is 10.0 Å². The molecule has 3 N–H and O–H groups in total. The average molecular weight is 269 g/mol. The summed E-state index contributed by atoms with van der Waals surface area (Å²) in [5.41, 5.74) is 2.26. The minimum atomic E-state index is -1.58. The molecule has 1 amide bonds. The van der Waals surface area contributed by atoms with Crippen LogP contribution in [-0.4, -0.2) is 29.0 Å². The van der Waals surface area contributed by atoms with Crippen molar-refractivity contribution >= 4 is 13.0 Å². The molecule has 0 saturated heterocycles. The summed E-state index contributed by atoms with van der Waals surface area (Å²) in [5, 5.41) is 20.7. The number of benzene rings is 2. The molecule has 0 fully saturated rings. The molecule has 0 heterocycles. The van der Waals surface area contributed by atoms with Crippen molar-refractivity contribution in [3.05, 3.63) is 60.2 Å². The number of hydrogen-bond acceptors (Lipinski definition) is 3. The summed E-state index contributed by atoms with van der Waals surface area (Å²) in [6, 6.07) is 16.8. The summed E-state index contributed by atoms with van der Waals surface area (Å²) >= 11 is 0. The van der Waals surface area contributed by atoms with E-state index in [0.29, 0.717) is 5.56 Å². The summed E-state index contributed by atoms with van der Waals surface area (Å²) < 4.78 is 0. The van der Waals surface area contributed by atoms with Gasteiger partial charge >= 0.3 is 7.12 Å². The fourth-order valence-corrected chi connectivity index (χ4v) is 1.91. The molecule has 20 heavy (non-hydrogen) atoms. The lowest BCUT2D eigenvalue weighted by atomic mass is 9.81. The SMILES string of the molecule is CC(NC(=O)c1ccccc1-c1ccccc1)B(O)O. The molecule has 0 aliphatic rings. The highest BCUT2D eigenvalue weighted by Gasteiger charge is 2.22. The van der Waals surface area contributed by atoms with Gasteiger partial charge in [0.2, 0.25) is 0 Å². The molecule has 2 aromatic carbocycles. The van der Waals surface area contributed by atoms with Crippen LogP contribution in [0.2, 0.25) is 0 Å². The molecule has 5 heteroatoms. The Morgan fingerprint density at radius 1 is 1.05 bits per heavy atom. The van der Waals surface area contributed by atoms with Crippen LogP contribution in [0.5, 0.6) is 0 Å². The zero-order chi connectivity index (χ0) is 14.5. The molecule has 0 bridgehead atoms. The Labute approximate surface area is 118 Å². The maximum atomic E-state index is 12.2. The van der Waals surface area contributed by atoms with Crippen molar-refractivity contribution in [1.29, 1.82) is 0 Å². The van der Waals surface area contributed by atoms with Crippen molar-refractivity contribution in [2.45, 2.75) is 12.9 Å². The van der Waals surface area contributed by atoms with Gasteiger partial charge in [0.25, 0.3) is 5.91 Å². The molecule has 4 nitrogen and oxygen atoms in total. The number of rotatable bonds is 4. The minimum Gasteiger partial charge on any atom is -0.426 e. The summed E-state index contributed by atoms with van der Waals surface area (Å²) in [5.74, 6) is -1.06. The zero-order valence-corrected chi connectivity index (χ0v) is 11.2. The molecule has 0 aliphatic heterocycles. The molecule has 2 rings (SSSR count). The smallest absolute Gasteiger partial charge is 0.426 e. The van der Waals surface area contributed by atoms with Crippen molar-refractivity contribution in [2.24, 2.45) is 0 Å². The Balaban J connectivity index is 2.31. The van der Waals surface area contributed by atoms with Gasteiger partial charge in [0.15, 0.2) is 0 Å². The van der Waals surface area contributed by atoms with Crippen LogP contribution in [0.4, 0.5) is 0 Å². The molecule has 102 valence electrons. The number of hydrogen-bond donors (Lipinski definition) is 3. The zero-order valence-electron chi connectivity index (χ0n) is 11.2. The molecular formula is C15H16BNO3. The Kier molecular flexibility index (Phi) is 4.55. The Morgan fingerprint density at radius 2 is 1.65 bits per heavy atom. The van der Waals surface area contributed by atoms with E-state index >= 15 is 0 Å². The number of carbonyl (C=O) groups excluding carboxylic acids is 1. The average Bonchev–Trinajstić information content (AvgIpc) is 2.48. The van der Waals surface area contributed by atoms with E-state index in [2.05, 4.69) is 5.32 Å². The van der Waals surface area contributed by atoms with Crippen LogP contribution in [0.3, 0.4) is 0 Å². The first-order chi connectivity index (χ1) is 9.59. The van der Waals surface area contributed by atoms with Gasteiger partial charge in [-0.15, -0.1) is 0 Å². The Morgan fingerprint density at radius 3 is 2.30 bits per heavy atom. The molecule has 0 spiro atoms. The van der Waals surface area contributed by atoms with E-state index in [9.17, 15) is 4.79 Å².